The summed E-state index contributed by atoms with van der Waals surface area (Å²) in [6.45, 7) is 3.61. The van der Waals surface area contributed by atoms with Crippen LogP contribution < -0.4 is 5.32 Å². The molecule has 1 fully saturated rings. The molecule has 2 rings (SSSR count). The highest BCUT2D eigenvalue weighted by atomic mass is 19.1. The standard InChI is InChI=1S/C12H16FN/c1-12(7-11(12)13)9-14-8-10-5-3-2-4-6-10/h2-6,11,14H,7-9H2,1H3. The third-order valence-corrected chi connectivity index (χ3v) is 2.94. The lowest BCUT2D eigenvalue weighted by atomic mass is 10.1. The highest BCUT2D eigenvalue weighted by molar-refractivity contribution is 5.14. The molecule has 0 aliphatic heterocycles. The molecule has 2 heteroatoms. The van der Waals surface area contributed by atoms with Crippen molar-refractivity contribution in [3.8, 4) is 0 Å². The second-order valence-electron chi connectivity index (χ2n) is 4.41. The molecule has 0 amide bonds. The molecule has 0 radical (unpaired) electrons. The number of benzene rings is 1. The van der Waals surface area contributed by atoms with Crippen molar-refractivity contribution in [1.29, 1.82) is 0 Å². The molecule has 14 heavy (non-hydrogen) atoms. The number of halogens is 1. The number of alkyl halides is 1. The molecule has 76 valence electrons. The third-order valence-electron chi connectivity index (χ3n) is 2.94. The van der Waals surface area contributed by atoms with Crippen LogP contribution in [0.4, 0.5) is 4.39 Å². The summed E-state index contributed by atoms with van der Waals surface area (Å²) in [4.78, 5) is 0. The first-order chi connectivity index (χ1) is 6.71. The van der Waals surface area contributed by atoms with Crippen molar-refractivity contribution in [2.24, 2.45) is 5.41 Å². The number of hydrogen-bond donors (Lipinski definition) is 1. The molecule has 2 atom stereocenters. The molecule has 1 N–H and O–H groups in total. The molecule has 0 aromatic heterocycles. The maximum absolute atomic E-state index is 12.8. The zero-order chi connectivity index (χ0) is 10.0. The maximum atomic E-state index is 12.8. The van der Waals surface area contributed by atoms with Crippen LogP contribution in [0, 0.1) is 5.41 Å². The number of nitrogens with one attached hydrogen (secondary N) is 1. The van der Waals surface area contributed by atoms with Gasteiger partial charge in [-0.15, -0.1) is 0 Å². The van der Waals surface area contributed by atoms with E-state index in [9.17, 15) is 4.39 Å². The summed E-state index contributed by atoms with van der Waals surface area (Å²) in [6, 6.07) is 10.2. The van der Waals surface area contributed by atoms with Crippen LogP contribution >= 0.6 is 0 Å². The van der Waals surface area contributed by atoms with Crippen LogP contribution in [0.1, 0.15) is 18.9 Å². The van der Waals surface area contributed by atoms with E-state index in [4.69, 9.17) is 0 Å². The van der Waals surface area contributed by atoms with Crippen molar-refractivity contribution in [3.63, 3.8) is 0 Å². The van der Waals surface area contributed by atoms with Gasteiger partial charge in [-0.05, 0) is 12.0 Å². The second kappa shape index (κ2) is 3.70. The number of hydrogen-bond acceptors (Lipinski definition) is 1. The maximum Gasteiger partial charge on any atom is 0.107 e. The summed E-state index contributed by atoms with van der Waals surface area (Å²) in [5.74, 6) is 0. The minimum atomic E-state index is -0.592. The van der Waals surface area contributed by atoms with E-state index in [1.165, 1.54) is 5.56 Å². The van der Waals surface area contributed by atoms with E-state index in [2.05, 4.69) is 17.4 Å². The minimum absolute atomic E-state index is 0.0885. The second-order valence-corrected chi connectivity index (χ2v) is 4.41. The summed E-state index contributed by atoms with van der Waals surface area (Å²) < 4.78 is 12.8. The first-order valence-corrected chi connectivity index (χ1v) is 5.09. The van der Waals surface area contributed by atoms with Crippen LogP contribution in [0.5, 0.6) is 0 Å². The largest absolute Gasteiger partial charge is 0.312 e. The summed E-state index contributed by atoms with van der Waals surface area (Å²) in [5, 5.41) is 3.29. The predicted molar refractivity (Wildman–Crippen MR) is 55.8 cm³/mol. The molecule has 2 unspecified atom stereocenters. The van der Waals surface area contributed by atoms with E-state index in [1.54, 1.807) is 0 Å². The van der Waals surface area contributed by atoms with Gasteiger partial charge in [-0.1, -0.05) is 37.3 Å². The zero-order valence-electron chi connectivity index (χ0n) is 8.46. The zero-order valence-corrected chi connectivity index (χ0v) is 8.46. The van der Waals surface area contributed by atoms with Gasteiger partial charge in [0, 0.05) is 18.5 Å². The van der Waals surface area contributed by atoms with Crippen LogP contribution in [-0.4, -0.2) is 12.7 Å². The molecule has 0 saturated heterocycles. The molecule has 1 aromatic rings. The first kappa shape index (κ1) is 9.66. The molecule has 0 bridgehead atoms. The molecule has 1 aliphatic rings. The molecule has 1 saturated carbocycles. The lowest BCUT2D eigenvalue weighted by Gasteiger charge is -2.09. The number of rotatable bonds is 4. The quantitative estimate of drug-likeness (QED) is 0.774. The average molecular weight is 193 g/mol. The first-order valence-electron chi connectivity index (χ1n) is 5.09. The summed E-state index contributed by atoms with van der Waals surface area (Å²) in [5.41, 5.74) is 1.17. The van der Waals surface area contributed by atoms with Crippen molar-refractivity contribution in [1.82, 2.24) is 5.32 Å². The Morgan fingerprint density at radius 1 is 1.43 bits per heavy atom. The Bertz CT molecular complexity index is 298. The topological polar surface area (TPSA) is 12.0 Å². The normalized spacial score (nSPS) is 30.3. The van der Waals surface area contributed by atoms with E-state index in [-0.39, 0.29) is 5.41 Å². The fourth-order valence-corrected chi connectivity index (χ4v) is 1.62. The monoisotopic (exact) mass is 193 g/mol. The van der Waals surface area contributed by atoms with Gasteiger partial charge < -0.3 is 5.32 Å². The Labute approximate surface area is 84.3 Å². The van der Waals surface area contributed by atoms with Crippen molar-refractivity contribution < 1.29 is 4.39 Å². The minimum Gasteiger partial charge on any atom is -0.312 e. The molecule has 0 spiro atoms. The summed E-state index contributed by atoms with van der Waals surface area (Å²) in [6.07, 6.45) is 0.125. The van der Waals surface area contributed by atoms with Gasteiger partial charge in [0.25, 0.3) is 0 Å². The van der Waals surface area contributed by atoms with Crippen LogP contribution in [0.3, 0.4) is 0 Å². The molecular weight excluding hydrogens is 177 g/mol. The predicted octanol–water partition coefficient (Wildman–Crippen LogP) is 2.52. The SMILES string of the molecule is CC1(CNCc2ccccc2)CC1F. The van der Waals surface area contributed by atoms with Gasteiger partial charge >= 0.3 is 0 Å². The lowest BCUT2D eigenvalue weighted by Crippen LogP contribution is -2.23. The average Bonchev–Trinajstić information content (AvgIpc) is 2.76. The van der Waals surface area contributed by atoms with E-state index >= 15 is 0 Å². The molecule has 1 nitrogen and oxygen atoms in total. The van der Waals surface area contributed by atoms with Crippen LogP contribution in [0.15, 0.2) is 30.3 Å². The highest BCUT2D eigenvalue weighted by Gasteiger charge is 2.50. The van der Waals surface area contributed by atoms with Gasteiger partial charge in [0.1, 0.15) is 6.17 Å². The lowest BCUT2D eigenvalue weighted by molar-refractivity contribution is 0.363. The van der Waals surface area contributed by atoms with Crippen molar-refractivity contribution in [2.75, 3.05) is 6.54 Å². The van der Waals surface area contributed by atoms with Crippen molar-refractivity contribution >= 4 is 0 Å². The van der Waals surface area contributed by atoms with Crippen molar-refractivity contribution in [2.45, 2.75) is 26.1 Å². The van der Waals surface area contributed by atoms with Crippen LogP contribution in [0.25, 0.3) is 0 Å². The van der Waals surface area contributed by atoms with Gasteiger partial charge in [0.15, 0.2) is 0 Å². The Hall–Kier alpha value is -0.890. The fraction of sp³-hybridized carbons (Fsp3) is 0.500. The Morgan fingerprint density at radius 2 is 2.07 bits per heavy atom. The van der Waals surface area contributed by atoms with Crippen LogP contribution in [-0.2, 0) is 6.54 Å². The van der Waals surface area contributed by atoms with Gasteiger partial charge in [-0.2, -0.15) is 0 Å². The van der Waals surface area contributed by atoms with Gasteiger partial charge in [-0.25, -0.2) is 4.39 Å². The van der Waals surface area contributed by atoms with E-state index in [0.29, 0.717) is 0 Å². The van der Waals surface area contributed by atoms with E-state index < -0.39 is 6.17 Å². The van der Waals surface area contributed by atoms with E-state index in [0.717, 1.165) is 19.5 Å². The summed E-state index contributed by atoms with van der Waals surface area (Å²) in [7, 11) is 0. The van der Waals surface area contributed by atoms with Gasteiger partial charge in [0.05, 0.1) is 0 Å². The summed E-state index contributed by atoms with van der Waals surface area (Å²) >= 11 is 0. The Balaban J connectivity index is 1.74. The smallest absolute Gasteiger partial charge is 0.107 e. The molecule has 1 aromatic carbocycles. The van der Waals surface area contributed by atoms with Gasteiger partial charge in [-0.3, -0.25) is 0 Å². The highest BCUT2D eigenvalue weighted by Crippen LogP contribution is 2.47. The van der Waals surface area contributed by atoms with Gasteiger partial charge in [0.2, 0.25) is 0 Å². The molecule has 0 heterocycles. The molecular formula is C12H16FN. The Kier molecular flexibility index (Phi) is 2.55. The Morgan fingerprint density at radius 3 is 2.64 bits per heavy atom. The van der Waals surface area contributed by atoms with Crippen LogP contribution in [0.2, 0.25) is 0 Å². The van der Waals surface area contributed by atoms with E-state index in [1.807, 2.05) is 25.1 Å². The molecule has 1 aliphatic carbocycles. The third kappa shape index (κ3) is 2.13. The van der Waals surface area contributed by atoms with Crippen molar-refractivity contribution in [3.05, 3.63) is 35.9 Å². The fourth-order valence-electron chi connectivity index (χ4n) is 1.62.